The van der Waals surface area contributed by atoms with Gasteiger partial charge < -0.3 is 0 Å². The highest BCUT2D eigenvalue weighted by Crippen LogP contribution is 2.47. The molecule has 1 saturated carbocycles. The van der Waals surface area contributed by atoms with Crippen molar-refractivity contribution in [3.63, 3.8) is 0 Å². The smallest absolute Gasteiger partial charge is 0.128 e. The van der Waals surface area contributed by atoms with Crippen molar-refractivity contribution in [3.05, 3.63) is 59.4 Å². The molecule has 2 heteroatoms. The summed E-state index contributed by atoms with van der Waals surface area (Å²) in [6, 6.07) is 14.3. The lowest BCUT2D eigenvalue weighted by Gasteiger charge is -2.54. The van der Waals surface area contributed by atoms with Gasteiger partial charge >= 0.3 is 0 Å². The van der Waals surface area contributed by atoms with Crippen molar-refractivity contribution < 1.29 is 4.39 Å². The van der Waals surface area contributed by atoms with E-state index in [9.17, 15) is 4.39 Å². The number of halogens is 1. The normalized spacial score (nSPS) is 19.8. The van der Waals surface area contributed by atoms with Gasteiger partial charge in [0.15, 0.2) is 0 Å². The summed E-state index contributed by atoms with van der Waals surface area (Å²) in [7, 11) is 0. The van der Waals surface area contributed by atoms with Gasteiger partial charge in [0.05, 0.1) is 0 Å². The first-order valence-corrected chi connectivity index (χ1v) is 11.5. The summed E-state index contributed by atoms with van der Waals surface area (Å²) in [6.45, 7) is 12.1. The van der Waals surface area contributed by atoms with Crippen LogP contribution in [0.4, 0.5) is 4.39 Å². The van der Waals surface area contributed by atoms with Crippen molar-refractivity contribution in [1.29, 1.82) is 0 Å². The molecule has 1 aliphatic heterocycles. The molecule has 2 aromatic carbocycles. The maximum atomic E-state index is 14.9. The SMILES string of the molecule is CC(C)c1cccc(-c2ccc(CN3CC4(CCC(C(C)C)CC4)C3)c(F)c2)c1. The fourth-order valence-electron chi connectivity index (χ4n) is 5.42. The molecular formula is C27H36FN. The molecule has 2 aliphatic rings. The molecule has 156 valence electrons. The third kappa shape index (κ3) is 4.43. The Bertz CT molecular complexity index is 837. The summed E-state index contributed by atoms with van der Waals surface area (Å²) in [5.41, 5.74) is 4.73. The first-order valence-electron chi connectivity index (χ1n) is 11.5. The molecule has 1 saturated heterocycles. The number of rotatable bonds is 5. The van der Waals surface area contributed by atoms with E-state index in [1.807, 2.05) is 6.07 Å². The van der Waals surface area contributed by atoms with Crippen LogP contribution in [0, 0.1) is 23.1 Å². The second-order valence-corrected chi connectivity index (χ2v) is 10.3. The fourth-order valence-corrected chi connectivity index (χ4v) is 5.42. The average molecular weight is 394 g/mol. The zero-order valence-electron chi connectivity index (χ0n) is 18.5. The molecule has 2 fully saturated rings. The van der Waals surface area contributed by atoms with E-state index in [-0.39, 0.29) is 5.82 Å². The number of hydrogen-bond donors (Lipinski definition) is 0. The molecule has 2 aromatic rings. The van der Waals surface area contributed by atoms with Crippen molar-refractivity contribution in [2.24, 2.45) is 17.3 Å². The highest BCUT2D eigenvalue weighted by molar-refractivity contribution is 5.64. The summed E-state index contributed by atoms with van der Waals surface area (Å²) in [6.07, 6.45) is 5.48. The van der Waals surface area contributed by atoms with Gasteiger partial charge in [-0.15, -0.1) is 0 Å². The lowest BCUT2D eigenvalue weighted by atomic mass is 9.64. The lowest BCUT2D eigenvalue weighted by Crippen LogP contribution is -2.57. The van der Waals surface area contributed by atoms with E-state index in [0.29, 0.717) is 11.3 Å². The van der Waals surface area contributed by atoms with Crippen LogP contribution in [0.5, 0.6) is 0 Å². The summed E-state index contributed by atoms with van der Waals surface area (Å²) in [4.78, 5) is 2.44. The zero-order chi connectivity index (χ0) is 20.6. The van der Waals surface area contributed by atoms with Crippen molar-refractivity contribution in [1.82, 2.24) is 4.90 Å². The van der Waals surface area contributed by atoms with Crippen LogP contribution in [-0.2, 0) is 6.54 Å². The Kier molecular flexibility index (Phi) is 5.84. The molecule has 1 spiro atoms. The third-order valence-corrected chi connectivity index (χ3v) is 7.49. The van der Waals surface area contributed by atoms with E-state index in [1.54, 1.807) is 6.07 Å². The van der Waals surface area contributed by atoms with Crippen molar-refractivity contribution in [2.45, 2.75) is 65.8 Å². The number of nitrogens with zero attached hydrogens (tertiary/aromatic N) is 1. The van der Waals surface area contributed by atoms with Crippen LogP contribution in [-0.4, -0.2) is 18.0 Å². The van der Waals surface area contributed by atoms with Gasteiger partial charge in [-0.1, -0.05) is 64.1 Å². The molecule has 0 amide bonds. The highest BCUT2D eigenvalue weighted by Gasteiger charge is 2.45. The van der Waals surface area contributed by atoms with Crippen molar-refractivity contribution in [2.75, 3.05) is 13.1 Å². The van der Waals surface area contributed by atoms with Crippen LogP contribution >= 0.6 is 0 Å². The number of benzene rings is 2. The maximum Gasteiger partial charge on any atom is 0.128 e. The van der Waals surface area contributed by atoms with Crippen molar-refractivity contribution >= 4 is 0 Å². The fraction of sp³-hybridized carbons (Fsp3) is 0.556. The van der Waals surface area contributed by atoms with Gasteiger partial charge in [-0.05, 0) is 71.6 Å². The zero-order valence-corrected chi connectivity index (χ0v) is 18.5. The highest BCUT2D eigenvalue weighted by atomic mass is 19.1. The van der Waals surface area contributed by atoms with Gasteiger partial charge in [-0.3, -0.25) is 4.90 Å². The van der Waals surface area contributed by atoms with Gasteiger partial charge in [0.25, 0.3) is 0 Å². The maximum absolute atomic E-state index is 14.9. The summed E-state index contributed by atoms with van der Waals surface area (Å²) < 4.78 is 14.9. The van der Waals surface area contributed by atoms with Crippen LogP contribution in [0.3, 0.4) is 0 Å². The molecule has 1 aliphatic carbocycles. The van der Waals surface area contributed by atoms with Gasteiger partial charge in [-0.2, -0.15) is 0 Å². The van der Waals surface area contributed by atoms with Crippen LogP contribution in [0.25, 0.3) is 11.1 Å². The summed E-state index contributed by atoms with van der Waals surface area (Å²) in [5.74, 6) is 2.14. The Labute approximate surface area is 176 Å². The summed E-state index contributed by atoms with van der Waals surface area (Å²) >= 11 is 0. The molecule has 29 heavy (non-hydrogen) atoms. The van der Waals surface area contributed by atoms with Gasteiger partial charge in [0.2, 0.25) is 0 Å². The number of hydrogen-bond acceptors (Lipinski definition) is 1. The van der Waals surface area contributed by atoms with Crippen molar-refractivity contribution in [3.8, 4) is 11.1 Å². The van der Waals surface area contributed by atoms with Gasteiger partial charge in [0.1, 0.15) is 5.82 Å². The monoisotopic (exact) mass is 393 g/mol. The Morgan fingerprint density at radius 1 is 0.966 bits per heavy atom. The molecule has 0 aromatic heterocycles. The second kappa shape index (κ2) is 8.22. The minimum atomic E-state index is -0.0677. The quantitative estimate of drug-likeness (QED) is 0.516. The molecule has 0 unspecified atom stereocenters. The van der Waals surface area contributed by atoms with Crippen LogP contribution in [0.15, 0.2) is 42.5 Å². The molecule has 0 radical (unpaired) electrons. The van der Waals surface area contributed by atoms with E-state index < -0.39 is 0 Å². The predicted octanol–water partition coefficient (Wildman–Crippen LogP) is 7.26. The third-order valence-electron chi connectivity index (χ3n) is 7.49. The first-order chi connectivity index (χ1) is 13.8. The molecule has 0 atom stereocenters. The van der Waals surface area contributed by atoms with E-state index >= 15 is 0 Å². The largest absolute Gasteiger partial charge is 0.298 e. The van der Waals surface area contributed by atoms with E-state index in [0.717, 1.165) is 48.2 Å². The van der Waals surface area contributed by atoms with Crippen LogP contribution in [0.1, 0.15) is 70.4 Å². The van der Waals surface area contributed by atoms with E-state index in [1.165, 1.54) is 31.2 Å². The Morgan fingerprint density at radius 2 is 1.66 bits per heavy atom. The van der Waals surface area contributed by atoms with Crippen LogP contribution in [0.2, 0.25) is 0 Å². The summed E-state index contributed by atoms with van der Waals surface area (Å²) in [5, 5.41) is 0. The standard InChI is InChI=1S/C27H36FN/c1-19(2)21-10-12-27(13-11-21)17-29(18-27)16-25-9-8-24(15-26(25)28)23-7-5-6-22(14-23)20(3)4/h5-9,14-15,19-21H,10-13,16-18H2,1-4H3. The molecule has 0 bridgehead atoms. The minimum absolute atomic E-state index is 0.0677. The predicted molar refractivity (Wildman–Crippen MR) is 120 cm³/mol. The Hall–Kier alpha value is -1.67. The Balaban J connectivity index is 1.37. The average Bonchev–Trinajstić information content (AvgIpc) is 2.68. The second-order valence-electron chi connectivity index (χ2n) is 10.3. The minimum Gasteiger partial charge on any atom is -0.298 e. The Morgan fingerprint density at radius 3 is 2.28 bits per heavy atom. The van der Waals surface area contributed by atoms with Crippen LogP contribution < -0.4 is 0 Å². The number of likely N-dealkylation sites (tertiary alicyclic amines) is 1. The molecule has 4 rings (SSSR count). The van der Waals surface area contributed by atoms with Gasteiger partial charge in [0, 0.05) is 25.2 Å². The lowest BCUT2D eigenvalue weighted by molar-refractivity contribution is -0.0475. The van der Waals surface area contributed by atoms with E-state index in [2.05, 4.69) is 62.9 Å². The molecule has 1 nitrogen and oxygen atoms in total. The topological polar surface area (TPSA) is 3.24 Å². The molecule has 1 heterocycles. The molecular weight excluding hydrogens is 357 g/mol. The molecule has 0 N–H and O–H groups in total. The first kappa shape index (κ1) is 20.6. The van der Waals surface area contributed by atoms with E-state index in [4.69, 9.17) is 0 Å². The van der Waals surface area contributed by atoms with Gasteiger partial charge in [-0.25, -0.2) is 4.39 Å².